The van der Waals surface area contributed by atoms with Gasteiger partial charge in [-0.05, 0) is 14.1 Å². The Bertz CT molecular complexity index is 96.9. The van der Waals surface area contributed by atoms with Crippen molar-refractivity contribution in [2.75, 3.05) is 14.1 Å². The summed E-state index contributed by atoms with van der Waals surface area (Å²) in [4.78, 5) is 0. The summed E-state index contributed by atoms with van der Waals surface area (Å²) in [5, 5.41) is 2.75. The summed E-state index contributed by atoms with van der Waals surface area (Å²) in [5.41, 5.74) is 0. The van der Waals surface area contributed by atoms with Gasteiger partial charge in [0.1, 0.15) is 0 Å². The Hall–Kier alpha value is 0.426. The maximum Gasteiger partial charge on any atom is 2.00 e. The minimum absolute atomic E-state index is 0. The minimum atomic E-state index is 0. The van der Waals surface area contributed by atoms with Crippen LogP contribution in [0.15, 0.2) is 30.3 Å². The summed E-state index contributed by atoms with van der Waals surface area (Å²) in [7, 11) is 3.75. The van der Waals surface area contributed by atoms with Crippen molar-refractivity contribution in [3.05, 3.63) is 36.4 Å². The van der Waals surface area contributed by atoms with E-state index in [1.54, 1.807) is 0 Å². The molecule has 0 unspecified atom stereocenters. The van der Waals surface area contributed by atoms with E-state index in [1.165, 1.54) is 0 Å². The van der Waals surface area contributed by atoms with Gasteiger partial charge in [-0.1, -0.05) is 0 Å². The number of rotatable bonds is 0. The molecule has 58 valence electrons. The standard InChI is InChI=1S/C6H5.C2H7N.BrH.Mg/c1-2-4-6-5-3-1;1-3-2;;/h1-5H;3H,1-2H3;1H;/q-1;;;+2. The molecule has 1 rings (SSSR count). The Labute approximate surface area is 95.5 Å². The van der Waals surface area contributed by atoms with Crippen LogP contribution in [-0.2, 0) is 0 Å². The summed E-state index contributed by atoms with van der Waals surface area (Å²) in [5.74, 6) is 0. The molecular weight excluding hydrogens is 214 g/mol. The van der Waals surface area contributed by atoms with Gasteiger partial charge in [0.25, 0.3) is 0 Å². The van der Waals surface area contributed by atoms with E-state index in [0.29, 0.717) is 0 Å². The average Bonchev–Trinajstić information content (AvgIpc) is 1.93. The molecule has 1 aromatic rings. The first kappa shape index (κ1) is 17.5. The van der Waals surface area contributed by atoms with E-state index >= 15 is 0 Å². The van der Waals surface area contributed by atoms with Gasteiger partial charge in [-0.25, -0.2) is 0 Å². The Balaban J connectivity index is -0.000000116. The van der Waals surface area contributed by atoms with E-state index < -0.39 is 0 Å². The van der Waals surface area contributed by atoms with Crippen molar-refractivity contribution in [1.82, 2.24) is 5.32 Å². The van der Waals surface area contributed by atoms with Crippen molar-refractivity contribution >= 4 is 40.0 Å². The second-order valence-electron chi connectivity index (χ2n) is 1.58. The number of hydrogen-bond donors (Lipinski definition) is 1. The molecule has 1 N–H and O–H groups in total. The third kappa shape index (κ3) is 17.9. The number of hydrogen-bond acceptors (Lipinski definition) is 1. The van der Waals surface area contributed by atoms with Crippen molar-refractivity contribution in [1.29, 1.82) is 0 Å². The summed E-state index contributed by atoms with van der Waals surface area (Å²) >= 11 is 0. The summed E-state index contributed by atoms with van der Waals surface area (Å²) in [6, 6.07) is 12.5. The van der Waals surface area contributed by atoms with Crippen molar-refractivity contribution < 1.29 is 0 Å². The molecule has 0 aliphatic rings. The van der Waals surface area contributed by atoms with Crippen LogP contribution in [0.3, 0.4) is 0 Å². The topological polar surface area (TPSA) is 12.0 Å². The molecular formula is C8H13BrMgN+. The molecule has 3 heteroatoms. The predicted octanol–water partition coefficient (Wildman–Crippen LogP) is 1.52. The van der Waals surface area contributed by atoms with Gasteiger partial charge < -0.3 is 5.32 Å². The van der Waals surface area contributed by atoms with Crippen LogP contribution in [-0.4, -0.2) is 37.1 Å². The second kappa shape index (κ2) is 16.8. The van der Waals surface area contributed by atoms with Crippen LogP contribution in [0.2, 0.25) is 0 Å². The van der Waals surface area contributed by atoms with E-state index in [9.17, 15) is 0 Å². The van der Waals surface area contributed by atoms with E-state index in [1.807, 2.05) is 44.4 Å². The molecule has 11 heavy (non-hydrogen) atoms. The molecule has 0 aliphatic carbocycles. The molecule has 0 spiro atoms. The number of benzene rings is 1. The van der Waals surface area contributed by atoms with Gasteiger partial charge in [-0.3, -0.25) is 0 Å². The largest absolute Gasteiger partial charge is 2.00 e. The fraction of sp³-hybridized carbons (Fsp3) is 0.250. The van der Waals surface area contributed by atoms with Gasteiger partial charge >= 0.3 is 23.1 Å². The molecule has 0 bridgehead atoms. The van der Waals surface area contributed by atoms with Crippen LogP contribution < -0.4 is 5.32 Å². The smallest absolute Gasteiger partial charge is 0.323 e. The molecule has 1 aromatic carbocycles. The van der Waals surface area contributed by atoms with Crippen LogP contribution in [0.4, 0.5) is 0 Å². The zero-order valence-corrected chi connectivity index (χ0v) is 10.1. The second-order valence-corrected chi connectivity index (χ2v) is 1.58. The van der Waals surface area contributed by atoms with E-state index in [0.717, 1.165) is 0 Å². The fourth-order valence-electron chi connectivity index (χ4n) is 0.342. The quantitative estimate of drug-likeness (QED) is 0.523. The first-order valence-electron chi connectivity index (χ1n) is 2.91. The summed E-state index contributed by atoms with van der Waals surface area (Å²) in [6.45, 7) is 0. The Kier molecular flexibility index (Phi) is 26.7. The van der Waals surface area contributed by atoms with Crippen LogP contribution in [0, 0.1) is 6.07 Å². The van der Waals surface area contributed by atoms with E-state index in [-0.39, 0.29) is 40.0 Å². The molecule has 0 aromatic heterocycles. The maximum atomic E-state index is 2.89. The van der Waals surface area contributed by atoms with Crippen LogP contribution >= 0.6 is 17.0 Å². The zero-order valence-electron chi connectivity index (χ0n) is 7.00. The summed E-state index contributed by atoms with van der Waals surface area (Å²) < 4.78 is 0. The average molecular weight is 227 g/mol. The first-order valence-corrected chi connectivity index (χ1v) is 2.91. The fourth-order valence-corrected chi connectivity index (χ4v) is 0.342. The van der Waals surface area contributed by atoms with Gasteiger partial charge in [0.15, 0.2) is 0 Å². The van der Waals surface area contributed by atoms with Crippen molar-refractivity contribution in [3.8, 4) is 0 Å². The molecule has 0 fully saturated rings. The Morgan fingerprint density at radius 1 is 1.00 bits per heavy atom. The summed E-state index contributed by atoms with van der Waals surface area (Å²) in [6.07, 6.45) is 0. The van der Waals surface area contributed by atoms with Crippen LogP contribution in [0.1, 0.15) is 0 Å². The van der Waals surface area contributed by atoms with Gasteiger partial charge in [-0.15, -0.1) is 17.0 Å². The van der Waals surface area contributed by atoms with Crippen molar-refractivity contribution in [2.45, 2.75) is 0 Å². The number of halogens is 1. The molecule has 0 saturated heterocycles. The molecule has 0 amide bonds. The Morgan fingerprint density at radius 3 is 1.45 bits per heavy atom. The molecule has 1 nitrogen and oxygen atoms in total. The number of nitrogens with one attached hydrogen (secondary N) is 1. The Morgan fingerprint density at radius 2 is 1.36 bits per heavy atom. The van der Waals surface area contributed by atoms with Gasteiger partial charge in [-0.2, -0.15) is 36.4 Å². The minimum Gasteiger partial charge on any atom is -0.323 e. The van der Waals surface area contributed by atoms with Gasteiger partial charge in [0, 0.05) is 0 Å². The third-order valence-corrected chi connectivity index (χ3v) is 0.607. The van der Waals surface area contributed by atoms with Crippen molar-refractivity contribution in [3.63, 3.8) is 0 Å². The van der Waals surface area contributed by atoms with Crippen LogP contribution in [0.5, 0.6) is 0 Å². The molecule has 0 heterocycles. The normalized spacial score (nSPS) is 6.00. The SMILES string of the molecule is Br.CNC.[Mg+2].[c-]1ccccc1. The first-order chi connectivity index (χ1) is 4.41. The molecule has 0 saturated carbocycles. The van der Waals surface area contributed by atoms with Crippen molar-refractivity contribution in [2.24, 2.45) is 0 Å². The van der Waals surface area contributed by atoms with Gasteiger partial charge in [0.2, 0.25) is 0 Å². The maximum absolute atomic E-state index is 2.89. The van der Waals surface area contributed by atoms with Crippen LogP contribution in [0.25, 0.3) is 0 Å². The third-order valence-electron chi connectivity index (χ3n) is 0.607. The molecule has 0 atom stereocenters. The molecule has 0 aliphatic heterocycles. The van der Waals surface area contributed by atoms with E-state index in [4.69, 9.17) is 0 Å². The van der Waals surface area contributed by atoms with E-state index in [2.05, 4.69) is 11.4 Å². The zero-order chi connectivity index (χ0) is 6.95. The molecule has 0 radical (unpaired) electrons. The monoisotopic (exact) mass is 226 g/mol. The van der Waals surface area contributed by atoms with Gasteiger partial charge in [0.05, 0.1) is 0 Å². The predicted molar refractivity (Wildman–Crippen MR) is 56.3 cm³/mol.